The van der Waals surface area contributed by atoms with Crippen LogP contribution in [0.3, 0.4) is 0 Å². The third-order valence-corrected chi connectivity index (χ3v) is 9.68. The van der Waals surface area contributed by atoms with E-state index in [0.29, 0.717) is 13.0 Å². The number of halogens is 1. The molecular weight excluding hydrogens is 868 g/mol. The van der Waals surface area contributed by atoms with Crippen molar-refractivity contribution >= 4 is 42.6 Å². The van der Waals surface area contributed by atoms with Crippen LogP contribution in [-0.4, -0.2) is 79.0 Å². The predicted octanol–water partition coefficient (Wildman–Crippen LogP) is 10.2. The molecule has 0 radical (unpaired) electrons. The molecule has 0 spiro atoms. The Bertz CT molecular complexity index is 2010. The van der Waals surface area contributed by atoms with Crippen molar-refractivity contribution in [1.29, 1.82) is 0 Å². The fourth-order valence-electron chi connectivity index (χ4n) is 6.56. The first-order valence-corrected chi connectivity index (χ1v) is 22.4. The fraction of sp³-hybridized carbons (Fsp3) is 0.473. The number of nitrogens with zero attached hydrogens (tertiary/aromatic N) is 1. The Morgan fingerprint density at radius 1 is 0.582 bits per heavy atom. The van der Waals surface area contributed by atoms with Crippen LogP contribution in [-0.2, 0) is 81.8 Å². The van der Waals surface area contributed by atoms with Crippen LogP contribution < -0.4 is 5.32 Å². The first-order valence-electron chi connectivity index (χ1n) is 22.4. The molecule has 0 saturated heterocycles. The Hall–Kier alpha value is -5.36. The zero-order chi connectivity index (χ0) is 48.6. The zero-order valence-corrected chi connectivity index (χ0v) is 42.1. The van der Waals surface area contributed by atoms with E-state index in [0.717, 1.165) is 52.6 Å². The summed E-state index contributed by atoms with van der Waals surface area (Å²) in [5.74, 6) is -0.479. The average molecular weight is 948 g/mol. The SMILES string of the molecule is C.CC(C)(C)OC(=O)Cc1ccc(CC=O)cc1.CC(C)[C@@H](C(=O)OCc1ccccc1)N(C)CCc1ccc(CC(=O)OC(C)(C)C)cc1.CN[C@H](C(=O)OCc1ccccc1)C(C)C.Cl. The Balaban J connectivity index is 0.00000105. The number of aldehydes is 1. The van der Waals surface area contributed by atoms with Gasteiger partial charge in [0.05, 0.1) is 12.8 Å². The maximum absolute atomic E-state index is 12.7. The molecule has 12 heteroatoms. The number of likely N-dealkylation sites (N-methyl/N-ethyl adjacent to an activating group) is 2. The van der Waals surface area contributed by atoms with Gasteiger partial charge in [0.2, 0.25) is 0 Å². The van der Waals surface area contributed by atoms with Crippen LogP contribution >= 0.6 is 12.4 Å². The summed E-state index contributed by atoms with van der Waals surface area (Å²) in [6.07, 6.45) is 2.60. The van der Waals surface area contributed by atoms with Gasteiger partial charge in [0.1, 0.15) is 42.8 Å². The van der Waals surface area contributed by atoms with Crippen LogP contribution in [0.1, 0.15) is 110 Å². The second kappa shape index (κ2) is 31.6. The van der Waals surface area contributed by atoms with Gasteiger partial charge in [-0.3, -0.25) is 24.1 Å². The van der Waals surface area contributed by atoms with E-state index in [9.17, 15) is 24.0 Å². The van der Waals surface area contributed by atoms with Gasteiger partial charge in [-0.05, 0) is 107 Å². The Morgan fingerprint density at radius 3 is 1.33 bits per heavy atom. The smallest absolute Gasteiger partial charge is 0.323 e. The van der Waals surface area contributed by atoms with Crippen molar-refractivity contribution in [1.82, 2.24) is 10.2 Å². The summed E-state index contributed by atoms with van der Waals surface area (Å²) in [7, 11) is 3.74. The van der Waals surface area contributed by atoms with Crippen LogP contribution in [0, 0.1) is 11.8 Å². The molecule has 0 saturated carbocycles. The van der Waals surface area contributed by atoms with Gasteiger partial charge in [-0.15, -0.1) is 12.4 Å². The normalized spacial score (nSPS) is 11.8. The average Bonchev–Trinajstić information content (AvgIpc) is 3.22. The molecule has 0 heterocycles. The highest BCUT2D eigenvalue weighted by molar-refractivity contribution is 5.85. The van der Waals surface area contributed by atoms with Crippen molar-refractivity contribution in [2.24, 2.45) is 11.8 Å². The highest BCUT2D eigenvalue weighted by Gasteiger charge is 2.28. The van der Waals surface area contributed by atoms with Gasteiger partial charge in [0.15, 0.2) is 0 Å². The van der Waals surface area contributed by atoms with E-state index < -0.39 is 11.2 Å². The summed E-state index contributed by atoms with van der Waals surface area (Å²) in [6, 6.07) is 34.3. The molecule has 0 unspecified atom stereocenters. The third kappa shape index (κ3) is 26.5. The second-order valence-electron chi connectivity index (χ2n) is 18.6. The number of carbonyl (C=O) groups is 5. The van der Waals surface area contributed by atoms with Crippen molar-refractivity contribution in [3.05, 3.63) is 143 Å². The van der Waals surface area contributed by atoms with Crippen molar-refractivity contribution in [2.75, 3.05) is 20.6 Å². The van der Waals surface area contributed by atoms with Gasteiger partial charge >= 0.3 is 23.9 Å². The highest BCUT2D eigenvalue weighted by Crippen LogP contribution is 2.16. The van der Waals surface area contributed by atoms with Crippen molar-refractivity contribution in [3.8, 4) is 0 Å². The lowest BCUT2D eigenvalue weighted by Crippen LogP contribution is -2.44. The van der Waals surface area contributed by atoms with Gasteiger partial charge in [-0.25, -0.2) is 0 Å². The van der Waals surface area contributed by atoms with E-state index in [1.807, 2.05) is 185 Å². The fourth-order valence-corrected chi connectivity index (χ4v) is 6.56. The van der Waals surface area contributed by atoms with Crippen LogP contribution in [0.25, 0.3) is 0 Å². The zero-order valence-electron chi connectivity index (χ0n) is 41.3. The van der Waals surface area contributed by atoms with Crippen molar-refractivity contribution in [2.45, 2.75) is 139 Å². The van der Waals surface area contributed by atoms with E-state index in [1.54, 1.807) is 7.05 Å². The Morgan fingerprint density at radius 2 is 0.970 bits per heavy atom. The minimum Gasteiger partial charge on any atom is -0.460 e. The van der Waals surface area contributed by atoms with E-state index in [4.69, 9.17) is 18.9 Å². The van der Waals surface area contributed by atoms with Crippen molar-refractivity contribution in [3.63, 3.8) is 0 Å². The standard InChI is InChI=1S/C27H37NO4.C14H18O3.C13H19NO2.CH4.ClH/c1-20(2)25(26(30)31-19-23-10-8-7-9-11-23)28(6)17-16-21-12-14-22(15-13-21)18-24(29)32-27(3,4)5;1-14(2,3)17-13(16)10-12-6-4-11(5-7-12)8-9-15;1-10(2)12(14-3)13(15)16-9-11-7-5-4-6-8-11;;/h7-15,20,25H,16-19H2,1-6H3;4-7,9H,8,10H2,1-3H3;4-8,10,12,14H,9H2,1-3H3;1H4;1H/t25-;;12-;;/m0.0../s1. The first kappa shape index (κ1) is 61.6. The molecule has 370 valence electrons. The molecule has 0 fully saturated rings. The monoisotopic (exact) mass is 947 g/mol. The summed E-state index contributed by atoms with van der Waals surface area (Å²) < 4.78 is 21.4. The van der Waals surface area contributed by atoms with E-state index in [-0.39, 0.29) is 87.1 Å². The molecule has 0 aliphatic carbocycles. The molecule has 1 N–H and O–H groups in total. The van der Waals surface area contributed by atoms with Gasteiger partial charge in [-0.2, -0.15) is 0 Å². The summed E-state index contributed by atoms with van der Waals surface area (Å²) in [5, 5.41) is 2.96. The number of ether oxygens (including phenoxy) is 4. The van der Waals surface area contributed by atoms with Gasteiger partial charge in [0.25, 0.3) is 0 Å². The minimum absolute atomic E-state index is 0. The number of rotatable bonds is 19. The topological polar surface area (TPSA) is 138 Å². The molecular formula is C55H79ClN2O9. The largest absolute Gasteiger partial charge is 0.460 e. The van der Waals surface area contributed by atoms with E-state index in [1.165, 1.54) is 0 Å². The number of carbonyl (C=O) groups excluding carboxylic acids is 5. The summed E-state index contributed by atoms with van der Waals surface area (Å²) in [6.45, 7) is 20.6. The Labute approximate surface area is 408 Å². The number of nitrogens with one attached hydrogen (secondary N) is 1. The maximum atomic E-state index is 12.7. The Kier molecular flexibility index (Phi) is 29.1. The highest BCUT2D eigenvalue weighted by atomic mass is 35.5. The number of benzene rings is 4. The van der Waals surface area contributed by atoms with Gasteiger partial charge in [-0.1, -0.05) is 144 Å². The summed E-state index contributed by atoms with van der Waals surface area (Å²) in [5.41, 5.74) is 5.00. The second-order valence-corrected chi connectivity index (χ2v) is 18.6. The molecule has 0 aromatic heterocycles. The number of esters is 4. The molecule has 4 aromatic rings. The lowest BCUT2D eigenvalue weighted by Gasteiger charge is -2.29. The van der Waals surface area contributed by atoms with Crippen molar-refractivity contribution < 1.29 is 42.9 Å². The van der Waals surface area contributed by atoms with Crippen LogP contribution in [0.4, 0.5) is 0 Å². The van der Waals surface area contributed by atoms with Crippen LogP contribution in [0.15, 0.2) is 109 Å². The molecule has 0 amide bonds. The molecule has 4 aromatic carbocycles. The lowest BCUT2D eigenvalue weighted by atomic mass is 10.0. The molecule has 2 atom stereocenters. The number of hydrogen-bond donors (Lipinski definition) is 1. The molecule has 0 aliphatic rings. The van der Waals surface area contributed by atoms with Crippen LogP contribution in [0.2, 0.25) is 0 Å². The minimum atomic E-state index is -0.475. The molecule has 4 rings (SSSR count). The molecule has 0 bridgehead atoms. The van der Waals surface area contributed by atoms with E-state index in [2.05, 4.69) is 10.2 Å². The van der Waals surface area contributed by atoms with Crippen LogP contribution in [0.5, 0.6) is 0 Å². The molecule has 67 heavy (non-hydrogen) atoms. The first-order chi connectivity index (χ1) is 30.6. The van der Waals surface area contributed by atoms with Gasteiger partial charge in [0, 0.05) is 13.0 Å². The maximum Gasteiger partial charge on any atom is 0.323 e. The van der Waals surface area contributed by atoms with E-state index >= 15 is 0 Å². The molecule has 0 aliphatic heterocycles. The summed E-state index contributed by atoms with van der Waals surface area (Å²) >= 11 is 0. The number of hydrogen-bond acceptors (Lipinski definition) is 11. The quantitative estimate of drug-likeness (QED) is 0.0546. The van der Waals surface area contributed by atoms with Gasteiger partial charge < -0.3 is 29.1 Å². The molecule has 11 nitrogen and oxygen atoms in total. The third-order valence-electron chi connectivity index (χ3n) is 9.68. The lowest BCUT2D eigenvalue weighted by molar-refractivity contribution is -0.155. The predicted molar refractivity (Wildman–Crippen MR) is 271 cm³/mol. The summed E-state index contributed by atoms with van der Waals surface area (Å²) in [4.78, 5) is 60.4.